The normalized spacial score (nSPS) is 29.4. The molecule has 0 aliphatic carbocycles. The minimum absolute atomic E-state index is 0. The first-order chi connectivity index (χ1) is 5.77. The first-order valence-electron chi connectivity index (χ1n) is 4.74. The summed E-state index contributed by atoms with van der Waals surface area (Å²) in [6, 6.07) is 1.04. The van der Waals surface area contributed by atoms with Crippen molar-refractivity contribution in [1.82, 2.24) is 5.32 Å². The molecule has 2 heterocycles. The van der Waals surface area contributed by atoms with Crippen LogP contribution in [0, 0.1) is 0 Å². The van der Waals surface area contributed by atoms with Gasteiger partial charge in [-0.2, -0.15) is 0 Å². The minimum Gasteiger partial charge on any atom is -0.307 e. The third kappa shape index (κ3) is 2.44. The standard InChI is InChI=1S/C10H15NO.2CH4/c1-7(12)9-4-2-3-8-5-6-10(9)11-8;;/h4,8,10-11H,2-3,5-6H2,1H3;2*1H4/t8-,10-;;/m1../s1. The molecule has 0 aromatic heterocycles. The van der Waals surface area contributed by atoms with Crippen LogP contribution in [-0.2, 0) is 4.79 Å². The molecule has 1 fully saturated rings. The predicted octanol–water partition coefficient (Wildman–Crippen LogP) is 2.69. The molecule has 2 nitrogen and oxygen atoms in total. The number of rotatable bonds is 1. The highest BCUT2D eigenvalue weighted by Crippen LogP contribution is 2.26. The Morgan fingerprint density at radius 1 is 1.36 bits per heavy atom. The van der Waals surface area contributed by atoms with E-state index in [0.29, 0.717) is 12.1 Å². The molecule has 2 atom stereocenters. The van der Waals surface area contributed by atoms with Crippen LogP contribution in [-0.4, -0.2) is 17.9 Å². The van der Waals surface area contributed by atoms with Crippen LogP contribution in [0.1, 0.15) is 47.5 Å². The van der Waals surface area contributed by atoms with Gasteiger partial charge in [-0.15, -0.1) is 0 Å². The minimum atomic E-state index is 0. The van der Waals surface area contributed by atoms with Gasteiger partial charge in [0, 0.05) is 17.7 Å². The fourth-order valence-electron chi connectivity index (χ4n) is 2.26. The maximum Gasteiger partial charge on any atom is 0.157 e. The molecule has 2 heteroatoms. The first kappa shape index (κ1) is 13.4. The summed E-state index contributed by atoms with van der Waals surface area (Å²) in [6.45, 7) is 1.67. The van der Waals surface area contributed by atoms with Crippen LogP contribution >= 0.6 is 0 Å². The third-order valence-electron chi connectivity index (χ3n) is 2.90. The van der Waals surface area contributed by atoms with E-state index >= 15 is 0 Å². The SMILES string of the molecule is C.C.CC(=O)C1=CCC[C@@H]2CC[C@H]1N2. The molecule has 82 valence electrons. The van der Waals surface area contributed by atoms with Crippen LogP contribution in [0.3, 0.4) is 0 Å². The number of hydrogen-bond acceptors (Lipinski definition) is 2. The van der Waals surface area contributed by atoms with Gasteiger partial charge in [-0.3, -0.25) is 4.79 Å². The molecule has 0 spiro atoms. The van der Waals surface area contributed by atoms with Crippen LogP contribution in [0.4, 0.5) is 0 Å². The van der Waals surface area contributed by atoms with Crippen molar-refractivity contribution in [3.05, 3.63) is 11.6 Å². The quantitative estimate of drug-likeness (QED) is 0.700. The van der Waals surface area contributed by atoms with Crippen molar-refractivity contribution in [1.29, 1.82) is 0 Å². The van der Waals surface area contributed by atoms with E-state index in [1.165, 1.54) is 12.8 Å². The van der Waals surface area contributed by atoms with E-state index in [1.54, 1.807) is 6.92 Å². The van der Waals surface area contributed by atoms with Gasteiger partial charge in [0.1, 0.15) is 0 Å². The predicted molar refractivity (Wildman–Crippen MR) is 61.4 cm³/mol. The van der Waals surface area contributed by atoms with Crippen molar-refractivity contribution >= 4 is 5.78 Å². The lowest BCUT2D eigenvalue weighted by Gasteiger charge is -2.11. The number of fused-ring (bicyclic) bond motifs is 2. The second-order valence-electron chi connectivity index (χ2n) is 3.79. The molecule has 2 bridgehead atoms. The van der Waals surface area contributed by atoms with Crippen molar-refractivity contribution < 1.29 is 4.79 Å². The van der Waals surface area contributed by atoms with E-state index in [-0.39, 0.29) is 20.6 Å². The molecule has 1 saturated heterocycles. The zero-order valence-corrected chi connectivity index (χ0v) is 7.47. The summed E-state index contributed by atoms with van der Waals surface area (Å²) in [5.41, 5.74) is 1.02. The van der Waals surface area contributed by atoms with Crippen LogP contribution in [0.2, 0.25) is 0 Å². The van der Waals surface area contributed by atoms with Gasteiger partial charge in [-0.1, -0.05) is 20.9 Å². The molecule has 2 aliphatic heterocycles. The highest BCUT2D eigenvalue weighted by atomic mass is 16.1. The first-order valence-corrected chi connectivity index (χ1v) is 4.74. The Hall–Kier alpha value is -0.630. The lowest BCUT2D eigenvalue weighted by atomic mass is 9.98. The van der Waals surface area contributed by atoms with E-state index in [9.17, 15) is 4.79 Å². The number of ketones is 1. The molecule has 2 aliphatic rings. The Balaban J connectivity index is 0.000000845. The van der Waals surface area contributed by atoms with Crippen molar-refractivity contribution in [2.45, 2.75) is 59.5 Å². The lowest BCUT2D eigenvalue weighted by Crippen LogP contribution is -2.30. The van der Waals surface area contributed by atoms with Crippen LogP contribution in [0.5, 0.6) is 0 Å². The summed E-state index contributed by atoms with van der Waals surface area (Å²) >= 11 is 0. The summed E-state index contributed by atoms with van der Waals surface area (Å²) in [7, 11) is 0. The lowest BCUT2D eigenvalue weighted by molar-refractivity contribution is -0.113. The Morgan fingerprint density at radius 3 is 2.71 bits per heavy atom. The average molecular weight is 197 g/mol. The summed E-state index contributed by atoms with van der Waals surface area (Å²) in [5, 5.41) is 3.50. The van der Waals surface area contributed by atoms with E-state index in [4.69, 9.17) is 0 Å². The van der Waals surface area contributed by atoms with Gasteiger partial charge in [-0.25, -0.2) is 0 Å². The van der Waals surface area contributed by atoms with E-state index < -0.39 is 0 Å². The van der Waals surface area contributed by atoms with Gasteiger partial charge in [0.25, 0.3) is 0 Å². The second kappa shape index (κ2) is 5.30. The Morgan fingerprint density at radius 2 is 2.07 bits per heavy atom. The van der Waals surface area contributed by atoms with Crippen LogP contribution < -0.4 is 5.32 Å². The molecule has 0 aromatic carbocycles. The number of allylic oxidation sites excluding steroid dienone is 1. The van der Waals surface area contributed by atoms with E-state index in [0.717, 1.165) is 18.4 Å². The fraction of sp³-hybridized carbons (Fsp3) is 0.750. The summed E-state index contributed by atoms with van der Waals surface area (Å²) in [4.78, 5) is 11.2. The number of carbonyl (C=O) groups is 1. The van der Waals surface area contributed by atoms with Gasteiger partial charge >= 0.3 is 0 Å². The molecular formula is C12H23NO. The highest BCUT2D eigenvalue weighted by Gasteiger charge is 2.29. The molecule has 2 rings (SSSR count). The third-order valence-corrected chi connectivity index (χ3v) is 2.90. The summed E-state index contributed by atoms with van der Waals surface area (Å²) in [5.74, 6) is 0.245. The summed E-state index contributed by atoms with van der Waals surface area (Å²) in [6.07, 6.45) is 6.79. The number of Topliss-reactive ketones (excluding diaryl/α,β-unsaturated/α-hetero) is 1. The van der Waals surface area contributed by atoms with E-state index in [1.807, 2.05) is 0 Å². The zero-order chi connectivity index (χ0) is 8.55. The van der Waals surface area contributed by atoms with Gasteiger partial charge in [-0.05, 0) is 32.6 Å². The zero-order valence-electron chi connectivity index (χ0n) is 7.47. The van der Waals surface area contributed by atoms with Crippen LogP contribution in [0.15, 0.2) is 11.6 Å². The maximum absolute atomic E-state index is 11.2. The van der Waals surface area contributed by atoms with Crippen molar-refractivity contribution in [3.63, 3.8) is 0 Å². The number of hydrogen-bond donors (Lipinski definition) is 1. The summed E-state index contributed by atoms with van der Waals surface area (Å²) < 4.78 is 0. The van der Waals surface area contributed by atoms with Gasteiger partial charge in [0.2, 0.25) is 0 Å². The van der Waals surface area contributed by atoms with Crippen molar-refractivity contribution in [3.8, 4) is 0 Å². The fourth-order valence-corrected chi connectivity index (χ4v) is 2.26. The second-order valence-corrected chi connectivity index (χ2v) is 3.79. The number of nitrogens with one attached hydrogen (secondary N) is 1. The molecule has 0 aromatic rings. The molecule has 0 saturated carbocycles. The molecule has 0 radical (unpaired) electrons. The average Bonchev–Trinajstić information content (AvgIpc) is 2.30. The monoisotopic (exact) mass is 197 g/mol. The Bertz CT molecular complexity index is 232. The smallest absolute Gasteiger partial charge is 0.157 e. The topological polar surface area (TPSA) is 29.1 Å². The number of carbonyl (C=O) groups excluding carboxylic acids is 1. The molecular weight excluding hydrogens is 174 g/mol. The Kier molecular flexibility index (Phi) is 5.06. The highest BCUT2D eigenvalue weighted by molar-refractivity contribution is 5.94. The molecule has 0 unspecified atom stereocenters. The molecule has 0 amide bonds. The van der Waals surface area contributed by atoms with Crippen molar-refractivity contribution in [2.75, 3.05) is 0 Å². The van der Waals surface area contributed by atoms with Crippen LogP contribution in [0.25, 0.3) is 0 Å². The maximum atomic E-state index is 11.2. The molecule has 1 N–H and O–H groups in total. The van der Waals surface area contributed by atoms with Gasteiger partial charge in [0.15, 0.2) is 5.78 Å². The van der Waals surface area contributed by atoms with Gasteiger partial charge in [0.05, 0.1) is 0 Å². The Labute approximate surface area is 87.8 Å². The van der Waals surface area contributed by atoms with Gasteiger partial charge < -0.3 is 5.32 Å². The largest absolute Gasteiger partial charge is 0.307 e. The van der Waals surface area contributed by atoms with E-state index in [2.05, 4.69) is 11.4 Å². The molecule has 14 heavy (non-hydrogen) atoms. The van der Waals surface area contributed by atoms with Crippen molar-refractivity contribution in [2.24, 2.45) is 0 Å².